The molecule has 92 valence electrons. The summed E-state index contributed by atoms with van der Waals surface area (Å²) in [5.41, 5.74) is 1.88. The molecule has 0 unspecified atom stereocenters. The summed E-state index contributed by atoms with van der Waals surface area (Å²) in [6.45, 7) is 0.748. The lowest BCUT2D eigenvalue weighted by Crippen LogP contribution is -2.11. The topological polar surface area (TPSA) is 49.8 Å². The minimum Gasteiger partial charge on any atom is -0.496 e. The Morgan fingerprint density at radius 2 is 2.18 bits per heavy atom. The van der Waals surface area contributed by atoms with Crippen LogP contribution in [0.15, 0.2) is 24.3 Å². The maximum absolute atomic E-state index is 10.4. The second-order valence-corrected chi connectivity index (χ2v) is 3.98. The van der Waals surface area contributed by atoms with Crippen molar-refractivity contribution < 1.29 is 14.6 Å². The lowest BCUT2D eigenvalue weighted by molar-refractivity contribution is -0.131. The maximum Gasteiger partial charge on any atom is 0.328 e. The molecule has 0 spiro atoms. The van der Waals surface area contributed by atoms with E-state index in [0.717, 1.165) is 29.5 Å². The average Bonchev–Trinajstić information content (AvgIpc) is 2.25. The largest absolute Gasteiger partial charge is 0.496 e. The molecule has 0 aliphatic rings. The van der Waals surface area contributed by atoms with Gasteiger partial charge in [0.05, 0.1) is 7.11 Å². The number of carbonyl (C=O) groups is 1. The zero-order chi connectivity index (χ0) is 12.8. The summed E-state index contributed by atoms with van der Waals surface area (Å²) in [7, 11) is 5.57. The first-order valence-electron chi connectivity index (χ1n) is 5.25. The van der Waals surface area contributed by atoms with Crippen LogP contribution < -0.4 is 4.74 Å². The molecule has 0 fully saturated rings. The number of hydrogen-bond acceptors (Lipinski definition) is 3. The highest BCUT2D eigenvalue weighted by Crippen LogP contribution is 2.21. The number of carboxylic acids is 1. The highest BCUT2D eigenvalue weighted by atomic mass is 16.5. The van der Waals surface area contributed by atoms with Crippen molar-refractivity contribution in [2.45, 2.75) is 6.54 Å². The van der Waals surface area contributed by atoms with Gasteiger partial charge in [0, 0.05) is 18.2 Å². The van der Waals surface area contributed by atoms with Crippen LogP contribution in [-0.2, 0) is 11.3 Å². The van der Waals surface area contributed by atoms with Crippen molar-refractivity contribution in [2.24, 2.45) is 0 Å². The van der Waals surface area contributed by atoms with Crippen LogP contribution in [0.3, 0.4) is 0 Å². The summed E-state index contributed by atoms with van der Waals surface area (Å²) in [6.07, 6.45) is 2.70. The van der Waals surface area contributed by atoms with Gasteiger partial charge in [-0.2, -0.15) is 0 Å². The number of aliphatic carboxylic acids is 1. The van der Waals surface area contributed by atoms with Gasteiger partial charge >= 0.3 is 5.97 Å². The molecule has 0 saturated heterocycles. The zero-order valence-corrected chi connectivity index (χ0v) is 10.3. The molecule has 1 rings (SSSR count). The Morgan fingerprint density at radius 1 is 1.47 bits per heavy atom. The number of rotatable bonds is 5. The normalized spacial score (nSPS) is 11.1. The molecule has 1 N–H and O–H groups in total. The Bertz CT molecular complexity index is 425. The summed E-state index contributed by atoms with van der Waals surface area (Å²) in [5.74, 6) is -0.138. The first-order valence-corrected chi connectivity index (χ1v) is 5.25. The van der Waals surface area contributed by atoms with E-state index in [-0.39, 0.29) is 0 Å². The third-order valence-electron chi connectivity index (χ3n) is 2.21. The third-order valence-corrected chi connectivity index (χ3v) is 2.21. The molecule has 1 aromatic carbocycles. The first-order chi connectivity index (χ1) is 8.02. The average molecular weight is 235 g/mol. The fourth-order valence-corrected chi connectivity index (χ4v) is 1.53. The summed E-state index contributed by atoms with van der Waals surface area (Å²) in [5, 5.41) is 8.57. The monoisotopic (exact) mass is 235 g/mol. The Kier molecular flexibility index (Phi) is 4.72. The summed E-state index contributed by atoms with van der Waals surface area (Å²) in [4.78, 5) is 12.5. The van der Waals surface area contributed by atoms with Crippen molar-refractivity contribution in [2.75, 3.05) is 21.2 Å². The van der Waals surface area contributed by atoms with Gasteiger partial charge in [0.2, 0.25) is 0 Å². The minimum atomic E-state index is -0.949. The van der Waals surface area contributed by atoms with E-state index in [4.69, 9.17) is 9.84 Å². The molecular formula is C13H17NO3. The van der Waals surface area contributed by atoms with Crippen LogP contribution in [0.4, 0.5) is 0 Å². The van der Waals surface area contributed by atoms with Gasteiger partial charge in [-0.05, 0) is 37.9 Å². The van der Waals surface area contributed by atoms with E-state index < -0.39 is 5.97 Å². The molecule has 0 amide bonds. The molecule has 0 aromatic heterocycles. The van der Waals surface area contributed by atoms with Gasteiger partial charge in [-0.25, -0.2) is 4.79 Å². The molecule has 1 aromatic rings. The van der Waals surface area contributed by atoms with Gasteiger partial charge in [0.25, 0.3) is 0 Å². The van der Waals surface area contributed by atoms with E-state index in [1.807, 2.05) is 37.2 Å². The maximum atomic E-state index is 10.4. The van der Waals surface area contributed by atoms with Crippen LogP contribution in [-0.4, -0.2) is 37.2 Å². The van der Waals surface area contributed by atoms with Gasteiger partial charge in [0.15, 0.2) is 0 Å². The van der Waals surface area contributed by atoms with Crippen molar-refractivity contribution in [3.8, 4) is 5.75 Å². The fraction of sp³-hybridized carbons (Fsp3) is 0.308. The van der Waals surface area contributed by atoms with Gasteiger partial charge in [-0.15, -0.1) is 0 Å². The Morgan fingerprint density at radius 3 is 2.71 bits per heavy atom. The van der Waals surface area contributed by atoms with Crippen LogP contribution in [0.1, 0.15) is 11.1 Å². The molecule has 0 atom stereocenters. The predicted octanol–water partition coefficient (Wildman–Crippen LogP) is 1.85. The smallest absolute Gasteiger partial charge is 0.328 e. The van der Waals surface area contributed by atoms with E-state index >= 15 is 0 Å². The number of ether oxygens (including phenoxy) is 1. The van der Waals surface area contributed by atoms with Crippen LogP contribution in [0.5, 0.6) is 5.75 Å². The lowest BCUT2D eigenvalue weighted by Gasteiger charge is -2.14. The summed E-state index contributed by atoms with van der Waals surface area (Å²) < 4.78 is 5.26. The van der Waals surface area contributed by atoms with Crippen LogP contribution in [0.2, 0.25) is 0 Å². The van der Waals surface area contributed by atoms with Gasteiger partial charge in [0.1, 0.15) is 5.75 Å². The number of nitrogens with zero attached hydrogens (tertiary/aromatic N) is 1. The van der Waals surface area contributed by atoms with Crippen molar-refractivity contribution in [1.82, 2.24) is 4.90 Å². The number of hydrogen-bond donors (Lipinski definition) is 1. The van der Waals surface area contributed by atoms with Crippen molar-refractivity contribution in [3.63, 3.8) is 0 Å². The Labute approximate surface area is 101 Å². The van der Waals surface area contributed by atoms with E-state index in [1.54, 1.807) is 13.2 Å². The minimum absolute atomic E-state index is 0.748. The quantitative estimate of drug-likeness (QED) is 0.791. The first kappa shape index (κ1) is 13.3. The van der Waals surface area contributed by atoms with Crippen LogP contribution in [0, 0.1) is 0 Å². The standard InChI is InChI=1S/C13H17NO3/c1-14(2)9-11-8-10(5-7-13(15)16)4-6-12(11)17-3/h4-8H,9H2,1-3H3,(H,15,16)/b7-5+. The van der Waals surface area contributed by atoms with Gasteiger partial charge in [-0.3, -0.25) is 0 Å². The van der Waals surface area contributed by atoms with E-state index in [9.17, 15) is 4.79 Å². The van der Waals surface area contributed by atoms with E-state index in [2.05, 4.69) is 0 Å². The summed E-state index contributed by atoms with van der Waals surface area (Å²) >= 11 is 0. The third kappa shape index (κ3) is 4.28. The highest BCUT2D eigenvalue weighted by molar-refractivity contribution is 5.85. The second kappa shape index (κ2) is 6.06. The summed E-state index contributed by atoms with van der Waals surface area (Å²) in [6, 6.07) is 5.61. The number of benzene rings is 1. The zero-order valence-electron chi connectivity index (χ0n) is 10.3. The lowest BCUT2D eigenvalue weighted by atomic mass is 10.1. The molecular weight excluding hydrogens is 218 g/mol. The molecule has 4 nitrogen and oxygen atoms in total. The molecule has 0 saturated carbocycles. The van der Waals surface area contributed by atoms with Gasteiger partial charge < -0.3 is 14.7 Å². The Hall–Kier alpha value is -1.81. The van der Waals surface area contributed by atoms with E-state index in [1.165, 1.54) is 0 Å². The molecule has 0 aliphatic carbocycles. The number of carboxylic acid groups (broad SMARTS) is 1. The fourth-order valence-electron chi connectivity index (χ4n) is 1.53. The Balaban J connectivity index is 2.99. The molecule has 0 radical (unpaired) electrons. The van der Waals surface area contributed by atoms with Crippen molar-refractivity contribution in [3.05, 3.63) is 35.4 Å². The molecule has 0 aliphatic heterocycles. The molecule has 17 heavy (non-hydrogen) atoms. The van der Waals surface area contributed by atoms with Crippen LogP contribution in [0.25, 0.3) is 6.08 Å². The van der Waals surface area contributed by atoms with Crippen LogP contribution >= 0.6 is 0 Å². The predicted molar refractivity (Wildman–Crippen MR) is 67.1 cm³/mol. The SMILES string of the molecule is COc1ccc(/C=C/C(=O)O)cc1CN(C)C. The highest BCUT2D eigenvalue weighted by Gasteiger charge is 2.04. The van der Waals surface area contributed by atoms with E-state index in [0.29, 0.717) is 0 Å². The molecule has 0 bridgehead atoms. The second-order valence-electron chi connectivity index (χ2n) is 3.98. The molecule has 4 heteroatoms. The van der Waals surface area contributed by atoms with Gasteiger partial charge in [-0.1, -0.05) is 6.07 Å². The van der Waals surface area contributed by atoms with Crippen molar-refractivity contribution in [1.29, 1.82) is 0 Å². The molecule has 0 heterocycles. The number of methoxy groups -OCH3 is 1. The van der Waals surface area contributed by atoms with Crippen molar-refractivity contribution >= 4 is 12.0 Å².